The van der Waals surface area contributed by atoms with Gasteiger partial charge in [-0.2, -0.15) is 0 Å². The molecule has 14 nitrogen and oxygen atoms in total. The van der Waals surface area contributed by atoms with Crippen molar-refractivity contribution in [3.63, 3.8) is 0 Å². The number of benzene rings is 2. The van der Waals surface area contributed by atoms with Gasteiger partial charge in [-0.25, -0.2) is 14.6 Å². The number of rotatable bonds is 19. The van der Waals surface area contributed by atoms with E-state index >= 15 is 0 Å². The third-order valence-corrected chi connectivity index (χ3v) is 10.9. The summed E-state index contributed by atoms with van der Waals surface area (Å²) in [6.45, 7) is 12.5. The van der Waals surface area contributed by atoms with E-state index in [0.29, 0.717) is 32.5 Å². The third-order valence-electron chi connectivity index (χ3n) is 10.9. The molecule has 5 rings (SSSR count). The number of aliphatic hydroxyl groups excluding tert-OH is 1. The van der Waals surface area contributed by atoms with Crippen LogP contribution < -0.4 is 16.1 Å². The van der Waals surface area contributed by atoms with E-state index in [2.05, 4.69) is 26.0 Å². The highest BCUT2D eigenvalue weighted by Gasteiger charge is 2.41. The molecule has 60 heavy (non-hydrogen) atoms. The van der Waals surface area contributed by atoms with Gasteiger partial charge >= 0.3 is 12.1 Å². The Kier molecular flexibility index (Phi) is 15.8. The van der Waals surface area contributed by atoms with E-state index in [1.807, 2.05) is 112 Å². The predicted octanol–water partition coefficient (Wildman–Crippen LogP) is 5.45. The van der Waals surface area contributed by atoms with E-state index in [0.717, 1.165) is 33.8 Å². The van der Waals surface area contributed by atoms with Crippen LogP contribution in [0.5, 0.6) is 0 Å². The Morgan fingerprint density at radius 1 is 0.883 bits per heavy atom. The molecule has 1 saturated heterocycles. The second-order valence-corrected chi connectivity index (χ2v) is 16.7. The topological polar surface area (TPSA) is 180 Å². The number of carboxylic acid groups (broad SMARTS) is 1. The van der Waals surface area contributed by atoms with Crippen molar-refractivity contribution < 1.29 is 29.4 Å². The van der Waals surface area contributed by atoms with Crippen molar-refractivity contribution in [3.8, 4) is 11.3 Å². The lowest BCUT2D eigenvalue weighted by Crippen LogP contribution is -2.60. The Balaban J connectivity index is 1.39. The van der Waals surface area contributed by atoms with Gasteiger partial charge in [0.25, 0.3) is 5.91 Å². The molecule has 1 aliphatic rings. The maximum atomic E-state index is 14.5. The van der Waals surface area contributed by atoms with Gasteiger partial charge < -0.3 is 30.6 Å². The number of aliphatic hydroxyl groups is 1. The first-order valence-corrected chi connectivity index (χ1v) is 20.7. The Morgan fingerprint density at radius 2 is 1.60 bits per heavy atom. The van der Waals surface area contributed by atoms with Gasteiger partial charge in [-0.1, -0.05) is 108 Å². The number of aryl methyl sites for hydroxylation is 1. The van der Waals surface area contributed by atoms with E-state index in [1.54, 1.807) is 41.8 Å². The van der Waals surface area contributed by atoms with Crippen molar-refractivity contribution in [1.82, 2.24) is 40.8 Å². The van der Waals surface area contributed by atoms with E-state index in [9.17, 15) is 29.4 Å². The van der Waals surface area contributed by atoms with E-state index in [4.69, 9.17) is 0 Å². The smallest absolute Gasteiger partial charge is 0.405 e. The molecule has 0 spiro atoms. The minimum Gasteiger partial charge on any atom is -0.465 e. The van der Waals surface area contributed by atoms with Crippen LogP contribution in [0.4, 0.5) is 9.59 Å². The molecule has 2 aromatic carbocycles. The molecule has 0 saturated carbocycles. The summed E-state index contributed by atoms with van der Waals surface area (Å²) in [5.74, 6) is -1.17. The highest BCUT2D eigenvalue weighted by Crippen LogP contribution is 2.24. The lowest BCUT2D eigenvalue weighted by Gasteiger charge is -2.36. The van der Waals surface area contributed by atoms with Crippen LogP contribution in [0, 0.1) is 18.3 Å². The fourth-order valence-electron chi connectivity index (χ4n) is 7.46. The van der Waals surface area contributed by atoms with Gasteiger partial charge in [0.15, 0.2) is 0 Å². The van der Waals surface area contributed by atoms with E-state index in [-0.39, 0.29) is 37.4 Å². The molecule has 14 heteroatoms. The van der Waals surface area contributed by atoms with Crippen LogP contribution in [0.2, 0.25) is 0 Å². The van der Waals surface area contributed by atoms with Gasteiger partial charge in [-0.05, 0) is 60.1 Å². The number of aromatic nitrogens is 2. The van der Waals surface area contributed by atoms with Gasteiger partial charge in [0.1, 0.15) is 12.1 Å². The standard InChI is InChI=1S/C46H60N8O6/c1-7-31(2)40(54-27-26-52(45(54)60)25-23-36-17-13-14-32(3)48-36)42(56)49-38(28-33-15-9-8-10-16-33)39(55)30-53(51-43(57)41(46(4,5)6)50-44(58)59)29-34-19-21-35(22-20-34)37-18-11-12-24-47-37/h8-22,24,31,38-41,50,55H,7,23,25-30H2,1-6H3,(H,49,56)(H,51,57)(H,58,59)/t31-,38-,39-,40-,41+/m0/s1. The summed E-state index contributed by atoms with van der Waals surface area (Å²) in [7, 11) is 0. The molecular formula is C46H60N8O6. The summed E-state index contributed by atoms with van der Waals surface area (Å²) in [4.78, 5) is 66.4. The maximum absolute atomic E-state index is 14.5. The van der Waals surface area contributed by atoms with Crippen LogP contribution in [-0.2, 0) is 29.0 Å². The molecule has 0 radical (unpaired) electrons. The summed E-state index contributed by atoms with van der Waals surface area (Å²) in [6, 6.07) is 25.7. The largest absolute Gasteiger partial charge is 0.465 e. The van der Waals surface area contributed by atoms with Gasteiger partial charge in [0, 0.05) is 62.3 Å². The maximum Gasteiger partial charge on any atom is 0.405 e. The average Bonchev–Trinajstić information content (AvgIpc) is 3.58. The highest BCUT2D eigenvalue weighted by atomic mass is 16.4. The van der Waals surface area contributed by atoms with Crippen LogP contribution in [0.25, 0.3) is 11.3 Å². The molecule has 0 aliphatic carbocycles. The zero-order valence-electron chi connectivity index (χ0n) is 35.5. The molecule has 1 fully saturated rings. The molecule has 5 N–H and O–H groups in total. The first-order valence-electron chi connectivity index (χ1n) is 20.7. The number of amides is 5. The predicted molar refractivity (Wildman–Crippen MR) is 230 cm³/mol. The molecule has 1 aliphatic heterocycles. The van der Waals surface area contributed by atoms with Crippen molar-refractivity contribution in [2.24, 2.45) is 11.3 Å². The Labute approximate surface area is 353 Å². The van der Waals surface area contributed by atoms with E-state index in [1.165, 1.54) is 0 Å². The summed E-state index contributed by atoms with van der Waals surface area (Å²) < 4.78 is 0. The molecular weight excluding hydrogens is 761 g/mol. The molecule has 0 unspecified atom stereocenters. The fraction of sp³-hybridized carbons (Fsp3) is 0.435. The quantitative estimate of drug-likeness (QED) is 0.0770. The van der Waals surface area contributed by atoms with Crippen LogP contribution in [0.3, 0.4) is 0 Å². The minimum atomic E-state index is -1.34. The Hall–Kier alpha value is -5.86. The number of pyridine rings is 2. The lowest BCUT2D eigenvalue weighted by molar-refractivity contribution is -0.132. The lowest BCUT2D eigenvalue weighted by atomic mass is 9.86. The molecule has 320 valence electrons. The Morgan fingerprint density at radius 3 is 2.23 bits per heavy atom. The fourth-order valence-corrected chi connectivity index (χ4v) is 7.46. The number of carbonyl (C=O) groups is 4. The van der Waals surface area contributed by atoms with Crippen LogP contribution in [0.1, 0.15) is 63.6 Å². The normalized spacial score (nSPS) is 15.6. The molecule has 0 bridgehead atoms. The van der Waals surface area contributed by atoms with Crippen LogP contribution >= 0.6 is 0 Å². The number of hydrogen-bond donors (Lipinski definition) is 5. The van der Waals surface area contributed by atoms with Crippen LogP contribution in [0.15, 0.2) is 97.2 Å². The second kappa shape index (κ2) is 20.9. The van der Waals surface area contributed by atoms with Crippen molar-refractivity contribution in [2.45, 2.75) is 91.6 Å². The summed E-state index contributed by atoms with van der Waals surface area (Å²) in [6.07, 6.45) is 0.643. The van der Waals surface area contributed by atoms with Gasteiger partial charge in [0.05, 0.1) is 17.8 Å². The zero-order valence-corrected chi connectivity index (χ0v) is 35.5. The van der Waals surface area contributed by atoms with Crippen molar-refractivity contribution in [1.29, 1.82) is 0 Å². The molecule has 5 atom stereocenters. The summed E-state index contributed by atoms with van der Waals surface area (Å²) in [5.41, 5.74) is 7.28. The zero-order chi connectivity index (χ0) is 43.4. The van der Waals surface area contributed by atoms with Crippen molar-refractivity contribution in [3.05, 3.63) is 120 Å². The minimum absolute atomic E-state index is 0.132. The summed E-state index contributed by atoms with van der Waals surface area (Å²) >= 11 is 0. The number of hydrogen-bond acceptors (Lipinski definition) is 8. The molecule has 2 aromatic heterocycles. The molecule has 3 heterocycles. The van der Waals surface area contributed by atoms with Gasteiger partial charge in [-0.15, -0.1) is 0 Å². The average molecular weight is 821 g/mol. The number of hydrazine groups is 1. The number of carbonyl (C=O) groups excluding carboxylic acids is 3. The second-order valence-electron chi connectivity index (χ2n) is 16.7. The first-order chi connectivity index (χ1) is 28.6. The number of urea groups is 1. The summed E-state index contributed by atoms with van der Waals surface area (Å²) in [5, 5.41) is 28.8. The third kappa shape index (κ3) is 12.6. The highest BCUT2D eigenvalue weighted by molar-refractivity contribution is 5.88. The van der Waals surface area contributed by atoms with Gasteiger partial charge in [0.2, 0.25) is 5.91 Å². The molecule has 5 amide bonds. The number of nitrogens with one attached hydrogen (secondary N) is 3. The SMILES string of the molecule is CC[C@H](C)[C@@H](C(=O)N[C@@H](Cc1ccccc1)[C@@H](O)CN(Cc1ccc(-c2ccccn2)cc1)NC(=O)[C@@H](NC(=O)O)C(C)(C)C)N1CCN(CCc2cccc(C)n2)C1=O. The van der Waals surface area contributed by atoms with Crippen molar-refractivity contribution >= 4 is 23.9 Å². The van der Waals surface area contributed by atoms with Crippen molar-refractivity contribution in [2.75, 3.05) is 26.2 Å². The molecule has 4 aromatic rings. The monoisotopic (exact) mass is 820 g/mol. The Bertz CT molecular complexity index is 2030. The van der Waals surface area contributed by atoms with Crippen LogP contribution in [-0.4, -0.2) is 109 Å². The van der Waals surface area contributed by atoms with E-state index < -0.39 is 41.6 Å². The first kappa shape index (κ1) is 45.2. The van der Waals surface area contributed by atoms with Gasteiger partial charge in [-0.3, -0.25) is 25.0 Å². The number of nitrogens with zero attached hydrogens (tertiary/aromatic N) is 5.